The van der Waals surface area contributed by atoms with Crippen LogP contribution in [0.2, 0.25) is 0 Å². The molecule has 0 rings (SSSR count). The lowest BCUT2D eigenvalue weighted by molar-refractivity contribution is -0.0500. The maximum absolute atomic E-state index is 12.5. The van der Waals surface area contributed by atoms with Crippen molar-refractivity contribution in [3.8, 4) is 0 Å². The van der Waals surface area contributed by atoms with Crippen LogP contribution in [0.1, 0.15) is 13.8 Å². The molecule has 28 heavy (non-hydrogen) atoms. The predicted octanol–water partition coefficient (Wildman–Crippen LogP) is 4.01. The second-order valence-corrected chi connectivity index (χ2v) is 16.8. The first-order chi connectivity index (χ1) is 11.9. The van der Waals surface area contributed by atoms with Gasteiger partial charge in [-0.05, 0) is 38.9 Å². The molecule has 0 amide bonds. The van der Waals surface area contributed by atoms with Crippen molar-refractivity contribution >= 4 is 40.9 Å². The Labute approximate surface area is 163 Å². The highest BCUT2D eigenvalue weighted by molar-refractivity contribution is 8.32. The highest BCUT2D eigenvalue weighted by Crippen LogP contribution is 2.50. The molecule has 0 atom stereocenters. The molecule has 0 aliphatic heterocycles. The summed E-state index contributed by atoms with van der Waals surface area (Å²) in [6.07, 6.45) is 4.71. The molecule has 16 heteroatoms. The number of rotatable bonds is 8. The predicted molar refractivity (Wildman–Crippen MR) is 99.1 cm³/mol. The average Bonchev–Trinajstić information content (AvgIpc) is 2.31. The quantitative estimate of drug-likeness (QED) is 0.282. The zero-order valence-electron chi connectivity index (χ0n) is 15.8. The van der Waals surface area contributed by atoms with Crippen LogP contribution in [0.15, 0.2) is 11.1 Å². The van der Waals surface area contributed by atoms with Crippen molar-refractivity contribution < 1.29 is 50.4 Å². The molecule has 6 nitrogen and oxygen atoms in total. The summed E-state index contributed by atoms with van der Waals surface area (Å²) in [5.41, 5.74) is -10.5. The highest BCUT2D eigenvalue weighted by Gasteiger charge is 2.50. The van der Waals surface area contributed by atoms with Crippen LogP contribution < -0.4 is 0 Å². The van der Waals surface area contributed by atoms with Gasteiger partial charge < -0.3 is 0 Å². The molecule has 0 aliphatic rings. The maximum atomic E-state index is 12.5. The smallest absolute Gasteiger partial charge is 0.213 e. The van der Waals surface area contributed by atoms with Crippen LogP contribution in [0.5, 0.6) is 0 Å². The number of hydrogen-bond acceptors (Lipinski definition) is 6. The molecule has 0 aromatic rings. The Morgan fingerprint density at radius 2 is 0.857 bits per heavy atom. The Hall–Kier alpha value is -0.160. The van der Waals surface area contributed by atoms with E-state index in [1.165, 1.54) is 38.9 Å². The highest BCUT2D eigenvalue weighted by atomic mass is 32.3. The summed E-state index contributed by atoms with van der Waals surface area (Å²) < 4.78 is 128. The van der Waals surface area contributed by atoms with Gasteiger partial charge in [-0.15, -0.1) is 20.6 Å². The molecule has 0 aromatic heterocycles. The molecule has 0 N–H and O–H groups in total. The SMILES string of the molecule is C/C(CS(C)(C)OS(=O)(=O)C(F)(F)F)=C(/C)CS(C)(C)OS(=O)(=O)C(F)(F)F. The van der Waals surface area contributed by atoms with E-state index in [0.717, 1.165) is 0 Å². The Bertz CT molecular complexity index is 741. The topological polar surface area (TPSA) is 86.7 Å². The Morgan fingerprint density at radius 3 is 1.04 bits per heavy atom. The molecular weight excluding hydrogens is 482 g/mol. The summed E-state index contributed by atoms with van der Waals surface area (Å²) in [5, 5.41) is 0. The van der Waals surface area contributed by atoms with Gasteiger partial charge in [0.1, 0.15) is 0 Å². The summed E-state index contributed by atoms with van der Waals surface area (Å²) in [5.74, 6) is -0.453. The van der Waals surface area contributed by atoms with Crippen LogP contribution in [0.3, 0.4) is 0 Å². The van der Waals surface area contributed by atoms with Gasteiger partial charge in [0.15, 0.2) is 0 Å². The van der Waals surface area contributed by atoms with Gasteiger partial charge in [0, 0.05) is 11.5 Å². The number of alkyl halides is 6. The van der Waals surface area contributed by atoms with Crippen molar-refractivity contribution in [3.63, 3.8) is 0 Å². The lowest BCUT2D eigenvalue weighted by Crippen LogP contribution is -2.28. The molecule has 0 aliphatic carbocycles. The van der Waals surface area contributed by atoms with Crippen LogP contribution in [-0.4, -0.2) is 64.4 Å². The van der Waals surface area contributed by atoms with Gasteiger partial charge in [-0.3, -0.25) is 0 Å². The van der Waals surface area contributed by atoms with Crippen molar-refractivity contribution in [2.45, 2.75) is 24.9 Å². The van der Waals surface area contributed by atoms with Gasteiger partial charge in [0.25, 0.3) is 0 Å². The third-order valence-corrected chi connectivity index (χ3v) is 10.7. The molecule has 0 heterocycles. The van der Waals surface area contributed by atoms with E-state index >= 15 is 0 Å². The molecule has 0 bridgehead atoms. The van der Waals surface area contributed by atoms with Crippen molar-refractivity contribution in [2.75, 3.05) is 36.5 Å². The fourth-order valence-electron chi connectivity index (χ4n) is 1.90. The van der Waals surface area contributed by atoms with Crippen molar-refractivity contribution in [1.82, 2.24) is 0 Å². The van der Waals surface area contributed by atoms with Gasteiger partial charge in [0.2, 0.25) is 0 Å². The van der Waals surface area contributed by atoms with E-state index in [2.05, 4.69) is 7.26 Å². The van der Waals surface area contributed by atoms with Gasteiger partial charge in [-0.2, -0.15) is 43.2 Å². The van der Waals surface area contributed by atoms with Crippen LogP contribution in [0, 0.1) is 0 Å². The Balaban J connectivity index is 5.43. The fourth-order valence-corrected chi connectivity index (χ4v) is 9.36. The molecule has 0 unspecified atom stereocenters. The van der Waals surface area contributed by atoms with Crippen LogP contribution >= 0.6 is 20.6 Å². The van der Waals surface area contributed by atoms with Gasteiger partial charge in [-0.1, -0.05) is 11.1 Å². The molecule has 172 valence electrons. The first kappa shape index (κ1) is 27.8. The van der Waals surface area contributed by atoms with Crippen molar-refractivity contribution in [3.05, 3.63) is 11.1 Å². The van der Waals surface area contributed by atoms with E-state index in [0.29, 0.717) is 11.1 Å². The van der Waals surface area contributed by atoms with E-state index < -0.39 is 51.9 Å². The van der Waals surface area contributed by atoms with Gasteiger partial charge >= 0.3 is 31.3 Å². The minimum Gasteiger partial charge on any atom is -0.213 e. The zero-order valence-corrected chi connectivity index (χ0v) is 19.0. The molecular formula is C12H22F6O6S4. The summed E-state index contributed by atoms with van der Waals surface area (Å²) in [7, 11) is -17.2. The first-order valence-electron chi connectivity index (χ1n) is 7.04. The number of hydrogen-bond donors (Lipinski definition) is 0. The fraction of sp³-hybridized carbons (Fsp3) is 0.833. The number of halogens is 6. The standard InChI is InChI=1S/C12H22F6O6S4/c1-9(7-25(3,4)23-27(19,20)11(13,14)15)10(2)8-26(5,6)24-28(21,22)12(16,17)18/h7-8H2,1-6H3/b10-9+. The minimum atomic E-state index is -5.81. The van der Waals surface area contributed by atoms with Gasteiger partial charge in [-0.25, -0.2) is 7.26 Å². The molecule has 0 spiro atoms. The lowest BCUT2D eigenvalue weighted by Gasteiger charge is -2.33. The summed E-state index contributed by atoms with van der Waals surface area (Å²) >= 11 is 0. The van der Waals surface area contributed by atoms with E-state index in [9.17, 15) is 43.2 Å². The van der Waals surface area contributed by atoms with Crippen molar-refractivity contribution in [2.24, 2.45) is 0 Å². The third kappa shape index (κ3) is 8.30. The summed E-state index contributed by atoms with van der Waals surface area (Å²) in [4.78, 5) is 0. The van der Waals surface area contributed by atoms with E-state index in [-0.39, 0.29) is 11.5 Å². The summed E-state index contributed by atoms with van der Waals surface area (Å²) in [6.45, 7) is 2.86. The molecule has 0 fully saturated rings. The van der Waals surface area contributed by atoms with E-state index in [4.69, 9.17) is 0 Å². The van der Waals surface area contributed by atoms with Crippen LogP contribution in [0.4, 0.5) is 26.3 Å². The van der Waals surface area contributed by atoms with E-state index in [1.54, 1.807) is 0 Å². The molecule has 0 saturated carbocycles. The van der Waals surface area contributed by atoms with Crippen molar-refractivity contribution in [1.29, 1.82) is 0 Å². The van der Waals surface area contributed by atoms with Crippen LogP contribution in [-0.2, 0) is 27.5 Å². The third-order valence-electron chi connectivity index (χ3n) is 2.97. The van der Waals surface area contributed by atoms with Gasteiger partial charge in [0.05, 0.1) is 0 Å². The largest absolute Gasteiger partial charge is 0.523 e. The Morgan fingerprint density at radius 1 is 0.643 bits per heavy atom. The maximum Gasteiger partial charge on any atom is 0.523 e. The minimum absolute atomic E-state index is 0.227. The molecule has 0 radical (unpaired) electrons. The second kappa shape index (κ2) is 8.53. The lowest BCUT2D eigenvalue weighted by atomic mass is 10.2. The average molecular weight is 505 g/mol. The second-order valence-electron chi connectivity index (χ2n) is 6.66. The zero-order chi connectivity index (χ0) is 23.0. The normalized spacial score (nSPS) is 17.3. The molecule has 0 saturated heterocycles. The van der Waals surface area contributed by atoms with E-state index in [1.807, 2.05) is 0 Å². The molecule has 0 aromatic carbocycles. The monoisotopic (exact) mass is 504 g/mol. The Kier molecular flexibility index (Phi) is 8.48. The summed E-state index contributed by atoms with van der Waals surface area (Å²) in [6, 6.07) is 0. The van der Waals surface area contributed by atoms with Crippen LogP contribution in [0.25, 0.3) is 0 Å². The first-order valence-corrected chi connectivity index (χ1v) is 14.9.